The summed E-state index contributed by atoms with van der Waals surface area (Å²) in [4.78, 5) is 11.9. The predicted molar refractivity (Wildman–Crippen MR) is 83.0 cm³/mol. The zero-order valence-electron chi connectivity index (χ0n) is 13.7. The number of nitrogens with zero attached hydrogens (tertiary/aromatic N) is 3. The molecule has 0 unspecified atom stereocenters. The van der Waals surface area contributed by atoms with Gasteiger partial charge in [-0.3, -0.25) is 4.79 Å². The first-order valence-corrected chi connectivity index (χ1v) is 9.66. The van der Waals surface area contributed by atoms with Gasteiger partial charge in [-0.15, -0.1) is 5.10 Å². The molecule has 1 heterocycles. The number of amides is 1. The van der Waals surface area contributed by atoms with Gasteiger partial charge in [-0.1, -0.05) is 12.1 Å². The van der Waals surface area contributed by atoms with Crippen molar-refractivity contribution in [1.82, 2.24) is 20.3 Å². The molecule has 0 aromatic carbocycles. The summed E-state index contributed by atoms with van der Waals surface area (Å²) < 4.78 is 50.9. The van der Waals surface area contributed by atoms with Gasteiger partial charge >= 0.3 is 0 Å². The number of sulfone groups is 1. The zero-order valence-corrected chi connectivity index (χ0v) is 14.5. The molecule has 10 heteroatoms. The van der Waals surface area contributed by atoms with E-state index in [4.69, 9.17) is 0 Å². The topological polar surface area (TPSA) is 93.9 Å². The van der Waals surface area contributed by atoms with Gasteiger partial charge in [0, 0.05) is 13.1 Å². The molecular weight excluding hydrogens is 342 g/mol. The Morgan fingerprint density at radius 2 is 1.96 bits per heavy atom. The number of aryl methyl sites for hydroxylation is 1. The Hall–Kier alpha value is -1.58. The molecule has 0 atom stereocenters. The summed E-state index contributed by atoms with van der Waals surface area (Å²) in [5.74, 6) is -1.45. The summed E-state index contributed by atoms with van der Waals surface area (Å²) in [6.45, 7) is 2.14. The predicted octanol–water partition coefficient (Wildman–Crippen LogP) is 1.36. The van der Waals surface area contributed by atoms with Gasteiger partial charge in [-0.25, -0.2) is 21.9 Å². The van der Waals surface area contributed by atoms with Crippen LogP contribution in [0, 0.1) is 5.92 Å². The lowest BCUT2D eigenvalue weighted by atomic mass is 9.87. The number of hydrogen-bond acceptors (Lipinski definition) is 5. The number of alkyl halides is 2. The highest BCUT2D eigenvalue weighted by Gasteiger charge is 2.27. The first-order chi connectivity index (χ1) is 11.2. The normalized spacial score (nSPS) is 21.9. The molecule has 1 saturated carbocycles. The largest absolute Gasteiger partial charge is 0.352 e. The summed E-state index contributed by atoms with van der Waals surface area (Å²) >= 11 is 0. The van der Waals surface area contributed by atoms with Crippen molar-refractivity contribution in [1.29, 1.82) is 0 Å². The summed E-state index contributed by atoms with van der Waals surface area (Å²) in [5.41, 5.74) is -0.855. The highest BCUT2D eigenvalue weighted by Crippen LogP contribution is 2.24. The highest BCUT2D eigenvalue weighted by atomic mass is 32.2. The van der Waals surface area contributed by atoms with E-state index < -0.39 is 39.4 Å². The van der Waals surface area contributed by atoms with Crippen molar-refractivity contribution < 1.29 is 22.0 Å². The maximum absolute atomic E-state index is 12.9. The first kappa shape index (κ1) is 18.8. The van der Waals surface area contributed by atoms with Crippen molar-refractivity contribution in [3.05, 3.63) is 11.4 Å². The molecule has 1 fully saturated rings. The third-order valence-corrected chi connectivity index (χ3v) is 5.65. The van der Waals surface area contributed by atoms with Gasteiger partial charge in [0.05, 0.1) is 5.75 Å². The van der Waals surface area contributed by atoms with Crippen LogP contribution in [0.5, 0.6) is 0 Å². The summed E-state index contributed by atoms with van der Waals surface area (Å²) in [6.07, 6.45) is 0.761. The zero-order chi connectivity index (χ0) is 17.9. The quantitative estimate of drug-likeness (QED) is 0.823. The third kappa shape index (κ3) is 4.96. The monoisotopic (exact) mass is 364 g/mol. The lowest BCUT2D eigenvalue weighted by molar-refractivity contribution is -0.119. The SMILES string of the molecule is CC1CCC(NC(=O)CS(=O)(=O)Cc2nnn(C)c2C(F)F)CC1. The van der Waals surface area contributed by atoms with Gasteiger partial charge in [0.25, 0.3) is 6.43 Å². The maximum atomic E-state index is 12.9. The molecule has 0 saturated heterocycles. The summed E-state index contributed by atoms with van der Waals surface area (Å²) in [5, 5.41) is 9.62. The molecule has 2 rings (SSSR count). The van der Waals surface area contributed by atoms with Crippen LogP contribution in [0.15, 0.2) is 0 Å². The minimum Gasteiger partial charge on any atom is -0.352 e. The van der Waals surface area contributed by atoms with Crippen LogP contribution in [-0.2, 0) is 27.4 Å². The van der Waals surface area contributed by atoms with E-state index >= 15 is 0 Å². The molecule has 0 radical (unpaired) electrons. The van der Waals surface area contributed by atoms with Crippen molar-refractivity contribution in [2.45, 2.75) is 50.8 Å². The van der Waals surface area contributed by atoms with E-state index in [1.165, 1.54) is 7.05 Å². The van der Waals surface area contributed by atoms with E-state index in [9.17, 15) is 22.0 Å². The number of halogens is 2. The molecule has 24 heavy (non-hydrogen) atoms. The second kappa shape index (κ2) is 7.54. The fraction of sp³-hybridized carbons (Fsp3) is 0.786. The van der Waals surface area contributed by atoms with Crippen molar-refractivity contribution >= 4 is 15.7 Å². The Morgan fingerprint density at radius 1 is 1.33 bits per heavy atom. The minimum absolute atomic E-state index is 0.0166. The molecule has 136 valence electrons. The molecule has 0 spiro atoms. The highest BCUT2D eigenvalue weighted by molar-refractivity contribution is 7.91. The van der Waals surface area contributed by atoms with Gasteiger partial charge in [0.1, 0.15) is 17.1 Å². The standard InChI is InChI=1S/C14H22F2N4O3S/c1-9-3-5-10(6-4-9)17-12(21)8-24(22,23)7-11-13(14(15)16)20(2)19-18-11/h9-10,14H,3-8H2,1-2H3,(H,17,21). The number of carbonyl (C=O) groups excluding carboxylic acids is 1. The van der Waals surface area contributed by atoms with Crippen molar-refractivity contribution in [2.24, 2.45) is 13.0 Å². The molecular formula is C14H22F2N4O3S. The van der Waals surface area contributed by atoms with Crippen LogP contribution < -0.4 is 5.32 Å². The average molecular weight is 364 g/mol. The van der Waals surface area contributed by atoms with Crippen molar-refractivity contribution in [3.8, 4) is 0 Å². The first-order valence-electron chi connectivity index (χ1n) is 7.84. The Balaban J connectivity index is 1.95. The molecule has 1 aromatic heterocycles. The van der Waals surface area contributed by atoms with Gasteiger partial charge in [-0.05, 0) is 31.6 Å². The molecule has 1 aliphatic carbocycles. The van der Waals surface area contributed by atoms with E-state index in [0.29, 0.717) is 5.92 Å². The average Bonchev–Trinajstić information content (AvgIpc) is 2.80. The minimum atomic E-state index is -3.90. The van der Waals surface area contributed by atoms with Gasteiger partial charge in [0.15, 0.2) is 9.84 Å². The smallest absolute Gasteiger partial charge is 0.281 e. The third-order valence-electron chi connectivity index (χ3n) is 4.24. The van der Waals surface area contributed by atoms with Crippen LogP contribution in [0.2, 0.25) is 0 Å². The molecule has 0 bridgehead atoms. The molecule has 1 aliphatic rings. The van der Waals surface area contributed by atoms with Crippen molar-refractivity contribution in [2.75, 3.05) is 5.75 Å². The number of nitrogens with one attached hydrogen (secondary N) is 1. The van der Waals surface area contributed by atoms with Crippen molar-refractivity contribution in [3.63, 3.8) is 0 Å². The lowest BCUT2D eigenvalue weighted by Crippen LogP contribution is -2.40. The number of rotatable bonds is 6. The molecule has 1 N–H and O–H groups in total. The van der Waals surface area contributed by atoms with Crippen LogP contribution in [0.3, 0.4) is 0 Å². The lowest BCUT2D eigenvalue weighted by Gasteiger charge is -2.26. The summed E-state index contributed by atoms with van der Waals surface area (Å²) in [7, 11) is -2.63. The van der Waals surface area contributed by atoms with E-state index in [-0.39, 0.29) is 11.7 Å². The van der Waals surface area contributed by atoms with Gasteiger partial charge < -0.3 is 5.32 Å². The Labute approximate surface area is 139 Å². The Bertz CT molecular complexity index is 682. The number of aromatic nitrogens is 3. The van der Waals surface area contributed by atoms with Crippen LogP contribution in [0.25, 0.3) is 0 Å². The van der Waals surface area contributed by atoms with Gasteiger partial charge in [0.2, 0.25) is 5.91 Å². The Morgan fingerprint density at radius 3 is 2.54 bits per heavy atom. The number of hydrogen-bond donors (Lipinski definition) is 1. The second-order valence-corrected chi connectivity index (χ2v) is 8.47. The van der Waals surface area contributed by atoms with E-state index in [1.54, 1.807) is 0 Å². The molecule has 7 nitrogen and oxygen atoms in total. The van der Waals surface area contributed by atoms with Crippen LogP contribution in [0.4, 0.5) is 8.78 Å². The molecule has 0 aliphatic heterocycles. The van der Waals surface area contributed by atoms with Crippen LogP contribution in [-0.4, -0.2) is 41.1 Å². The molecule has 1 amide bonds. The fourth-order valence-corrected chi connectivity index (χ4v) is 4.12. The fourth-order valence-electron chi connectivity index (χ4n) is 2.91. The number of carbonyl (C=O) groups is 1. The van der Waals surface area contributed by atoms with Crippen LogP contribution in [0.1, 0.15) is 50.4 Å². The molecule has 1 aromatic rings. The van der Waals surface area contributed by atoms with E-state index in [2.05, 4.69) is 22.6 Å². The van der Waals surface area contributed by atoms with E-state index in [1.807, 2.05) is 0 Å². The summed E-state index contributed by atoms with van der Waals surface area (Å²) in [6, 6.07) is -0.0166. The van der Waals surface area contributed by atoms with Crippen LogP contribution >= 0.6 is 0 Å². The second-order valence-electron chi connectivity index (χ2n) is 6.40. The van der Waals surface area contributed by atoms with E-state index in [0.717, 1.165) is 30.4 Å². The maximum Gasteiger partial charge on any atom is 0.281 e. The Kier molecular flexibility index (Phi) is 5.89. The van der Waals surface area contributed by atoms with Gasteiger partial charge in [-0.2, -0.15) is 0 Å².